The summed E-state index contributed by atoms with van der Waals surface area (Å²) in [4.78, 5) is 23.5. The number of hydrogen-bond donors (Lipinski definition) is 2. The predicted molar refractivity (Wildman–Crippen MR) is 156 cm³/mol. The fourth-order valence-corrected chi connectivity index (χ4v) is 4.82. The van der Waals surface area contributed by atoms with E-state index in [1.807, 2.05) is 64.2 Å². The third-order valence-corrected chi connectivity index (χ3v) is 6.79. The third-order valence-electron chi connectivity index (χ3n) is 6.79. The molecule has 4 N–H and O–H groups in total. The Morgan fingerprint density at radius 1 is 1.00 bits per heavy atom. The number of fused-ring (bicyclic) bond motifs is 1. The van der Waals surface area contributed by atoms with Crippen molar-refractivity contribution in [3.8, 4) is 22.8 Å². The summed E-state index contributed by atoms with van der Waals surface area (Å²) >= 11 is 0. The SMILES string of the molecule is NCCOCCOC/C=C/C(=O)N1CCC[C@@H](n2nc(-c3ccc(Oc4ccccc4)cc3)c3c(N)ncnc32)C1. The van der Waals surface area contributed by atoms with E-state index in [1.54, 1.807) is 12.2 Å². The fraction of sp³-hybridized carbons (Fsp3) is 0.333. The van der Waals surface area contributed by atoms with Crippen LogP contribution in [0.5, 0.6) is 11.5 Å². The molecule has 1 fully saturated rings. The number of aromatic nitrogens is 4. The van der Waals surface area contributed by atoms with Crippen molar-refractivity contribution in [1.29, 1.82) is 0 Å². The van der Waals surface area contributed by atoms with Crippen LogP contribution in [0.25, 0.3) is 22.3 Å². The Morgan fingerprint density at radius 2 is 1.78 bits per heavy atom. The van der Waals surface area contributed by atoms with Gasteiger partial charge in [0.1, 0.15) is 29.3 Å². The van der Waals surface area contributed by atoms with E-state index in [0.29, 0.717) is 74.4 Å². The molecule has 0 spiro atoms. The van der Waals surface area contributed by atoms with Gasteiger partial charge in [0.2, 0.25) is 5.91 Å². The van der Waals surface area contributed by atoms with E-state index in [2.05, 4.69) is 9.97 Å². The smallest absolute Gasteiger partial charge is 0.246 e. The van der Waals surface area contributed by atoms with Gasteiger partial charge in [-0.3, -0.25) is 4.79 Å². The van der Waals surface area contributed by atoms with Crippen molar-refractivity contribution in [2.24, 2.45) is 5.73 Å². The first-order valence-electron chi connectivity index (χ1n) is 13.8. The van der Waals surface area contributed by atoms with Crippen LogP contribution in [-0.4, -0.2) is 76.6 Å². The van der Waals surface area contributed by atoms with E-state index in [4.69, 9.17) is 30.8 Å². The number of nitrogens with two attached hydrogens (primary N) is 2. The van der Waals surface area contributed by atoms with Crippen LogP contribution in [0, 0.1) is 0 Å². The molecule has 1 saturated heterocycles. The standard InChI is InChI=1S/C30H35N7O4/c31-14-17-40-19-18-39-16-5-9-26(38)36-15-4-6-23(20-36)37-30-27(29(32)33-21-34-30)28(35-37)22-10-12-25(13-11-22)41-24-7-2-1-3-8-24/h1-3,5,7-13,21,23H,4,6,14-20,31H2,(H2,32,33,34)/b9-5+/t23-/m1/s1. The van der Waals surface area contributed by atoms with Crippen LogP contribution >= 0.6 is 0 Å². The number of likely N-dealkylation sites (tertiary alicyclic amines) is 1. The van der Waals surface area contributed by atoms with Gasteiger partial charge < -0.3 is 30.6 Å². The lowest BCUT2D eigenvalue weighted by Gasteiger charge is -2.32. The van der Waals surface area contributed by atoms with Crippen molar-refractivity contribution in [2.45, 2.75) is 18.9 Å². The van der Waals surface area contributed by atoms with E-state index < -0.39 is 0 Å². The van der Waals surface area contributed by atoms with Crippen LogP contribution in [0.4, 0.5) is 5.82 Å². The number of anilines is 1. The number of rotatable bonds is 12. The average Bonchev–Trinajstić information content (AvgIpc) is 3.40. The molecule has 11 nitrogen and oxygen atoms in total. The van der Waals surface area contributed by atoms with Gasteiger partial charge >= 0.3 is 0 Å². The maximum absolute atomic E-state index is 12.9. The molecule has 1 aliphatic rings. The Hall–Kier alpha value is -4.32. The molecule has 2 aromatic carbocycles. The highest BCUT2D eigenvalue weighted by Gasteiger charge is 2.28. The Kier molecular flexibility index (Phi) is 9.53. The zero-order valence-corrected chi connectivity index (χ0v) is 22.9. The summed E-state index contributed by atoms with van der Waals surface area (Å²) in [5, 5.41) is 5.66. The molecule has 5 rings (SSSR count). The van der Waals surface area contributed by atoms with Gasteiger partial charge in [0.25, 0.3) is 0 Å². The van der Waals surface area contributed by atoms with Crippen LogP contribution in [0.1, 0.15) is 18.9 Å². The summed E-state index contributed by atoms with van der Waals surface area (Å²) in [6.07, 6.45) is 6.46. The van der Waals surface area contributed by atoms with Gasteiger partial charge in [0.15, 0.2) is 5.65 Å². The van der Waals surface area contributed by atoms with E-state index in [0.717, 1.165) is 24.2 Å². The maximum atomic E-state index is 12.9. The minimum absolute atomic E-state index is 0.0525. The molecule has 1 aliphatic heterocycles. The molecule has 11 heteroatoms. The van der Waals surface area contributed by atoms with Crippen molar-refractivity contribution >= 4 is 22.8 Å². The van der Waals surface area contributed by atoms with Crippen molar-refractivity contribution in [3.63, 3.8) is 0 Å². The van der Waals surface area contributed by atoms with Crippen molar-refractivity contribution in [3.05, 3.63) is 73.1 Å². The largest absolute Gasteiger partial charge is 0.457 e. The molecule has 3 heterocycles. The highest BCUT2D eigenvalue weighted by Crippen LogP contribution is 2.34. The van der Waals surface area contributed by atoms with E-state index in [1.165, 1.54) is 6.33 Å². The number of hydrogen-bond acceptors (Lipinski definition) is 9. The fourth-order valence-electron chi connectivity index (χ4n) is 4.82. The highest BCUT2D eigenvalue weighted by molar-refractivity contribution is 5.98. The number of carbonyl (C=O) groups excluding carboxylic acids is 1. The first-order chi connectivity index (χ1) is 20.1. The van der Waals surface area contributed by atoms with E-state index >= 15 is 0 Å². The minimum atomic E-state index is -0.0579. The highest BCUT2D eigenvalue weighted by atomic mass is 16.5. The van der Waals surface area contributed by atoms with Gasteiger partial charge in [-0.25, -0.2) is 14.6 Å². The van der Waals surface area contributed by atoms with Gasteiger partial charge in [-0.15, -0.1) is 0 Å². The summed E-state index contributed by atoms with van der Waals surface area (Å²) in [6, 6.07) is 17.3. The molecular weight excluding hydrogens is 522 g/mol. The summed E-state index contributed by atoms with van der Waals surface area (Å²) in [5.74, 6) is 1.78. The lowest BCUT2D eigenvalue weighted by atomic mass is 10.1. The summed E-state index contributed by atoms with van der Waals surface area (Å²) in [6.45, 7) is 3.46. The lowest BCUT2D eigenvalue weighted by molar-refractivity contribution is -0.127. The molecule has 214 valence electrons. The molecule has 0 bridgehead atoms. The molecular formula is C30H35N7O4. The number of para-hydroxylation sites is 1. The molecule has 0 unspecified atom stereocenters. The number of carbonyl (C=O) groups is 1. The van der Waals surface area contributed by atoms with Gasteiger partial charge in [0.05, 0.1) is 37.9 Å². The first-order valence-corrected chi connectivity index (χ1v) is 13.8. The van der Waals surface area contributed by atoms with Gasteiger partial charge in [-0.05, 0) is 49.2 Å². The van der Waals surface area contributed by atoms with Crippen molar-refractivity contribution in [2.75, 3.05) is 51.8 Å². The topological polar surface area (TPSA) is 144 Å². The monoisotopic (exact) mass is 557 g/mol. The van der Waals surface area contributed by atoms with Crippen LogP contribution in [0.3, 0.4) is 0 Å². The maximum Gasteiger partial charge on any atom is 0.246 e. The van der Waals surface area contributed by atoms with E-state index in [9.17, 15) is 4.79 Å². The second-order valence-corrected chi connectivity index (χ2v) is 9.65. The van der Waals surface area contributed by atoms with Crippen molar-refractivity contribution in [1.82, 2.24) is 24.6 Å². The summed E-state index contributed by atoms with van der Waals surface area (Å²) in [7, 11) is 0. The molecule has 2 aromatic heterocycles. The molecule has 1 amide bonds. The van der Waals surface area contributed by atoms with Gasteiger partial charge in [-0.2, -0.15) is 5.10 Å². The molecule has 0 saturated carbocycles. The Bertz CT molecular complexity index is 1460. The quantitative estimate of drug-likeness (QED) is 0.197. The zero-order valence-electron chi connectivity index (χ0n) is 22.9. The van der Waals surface area contributed by atoms with Crippen LogP contribution in [-0.2, 0) is 14.3 Å². The Balaban J connectivity index is 1.29. The summed E-state index contributed by atoms with van der Waals surface area (Å²) in [5.41, 5.74) is 13.9. The molecule has 41 heavy (non-hydrogen) atoms. The van der Waals surface area contributed by atoms with Crippen LogP contribution in [0.15, 0.2) is 73.1 Å². The zero-order chi connectivity index (χ0) is 28.4. The number of nitrogen functional groups attached to an aromatic ring is 1. The number of piperidine rings is 1. The normalized spacial score (nSPS) is 15.5. The number of ether oxygens (including phenoxy) is 3. The predicted octanol–water partition coefficient (Wildman–Crippen LogP) is 3.58. The second kappa shape index (κ2) is 13.8. The minimum Gasteiger partial charge on any atom is -0.457 e. The number of nitrogens with zero attached hydrogens (tertiary/aromatic N) is 5. The molecule has 0 aliphatic carbocycles. The lowest BCUT2D eigenvalue weighted by Crippen LogP contribution is -2.40. The third kappa shape index (κ3) is 7.07. The van der Waals surface area contributed by atoms with Crippen LogP contribution in [0.2, 0.25) is 0 Å². The molecule has 0 radical (unpaired) electrons. The number of benzene rings is 2. The molecule has 4 aromatic rings. The van der Waals surface area contributed by atoms with Gasteiger partial charge in [-0.1, -0.05) is 24.3 Å². The Morgan fingerprint density at radius 3 is 2.59 bits per heavy atom. The van der Waals surface area contributed by atoms with Gasteiger partial charge in [0, 0.05) is 31.3 Å². The van der Waals surface area contributed by atoms with Crippen molar-refractivity contribution < 1.29 is 19.0 Å². The average molecular weight is 558 g/mol. The first kappa shape index (κ1) is 28.2. The molecule has 1 atom stereocenters. The van der Waals surface area contributed by atoms with Crippen LogP contribution < -0.4 is 16.2 Å². The number of amides is 1. The summed E-state index contributed by atoms with van der Waals surface area (Å²) < 4.78 is 18.6. The second-order valence-electron chi connectivity index (χ2n) is 9.65. The Labute approximate surface area is 238 Å². The van der Waals surface area contributed by atoms with E-state index in [-0.39, 0.29) is 11.9 Å².